The molecular weight excluding hydrogens is 296 g/mol. The number of hydrogen-bond acceptors (Lipinski definition) is 3. The molecule has 2 rings (SSSR count). The summed E-state index contributed by atoms with van der Waals surface area (Å²) in [6, 6.07) is 6.31. The Kier molecular flexibility index (Phi) is 5.73. The summed E-state index contributed by atoms with van der Waals surface area (Å²) in [6.45, 7) is 3.11. The molecule has 1 atom stereocenters. The lowest BCUT2D eigenvalue weighted by molar-refractivity contribution is -0.137. The molecule has 0 saturated carbocycles. The Labute approximate surface area is 135 Å². The van der Waals surface area contributed by atoms with Gasteiger partial charge >= 0.3 is 5.97 Å². The molecule has 1 aliphatic heterocycles. The molecular formula is C17H22N2O4. The molecule has 1 heterocycles. The van der Waals surface area contributed by atoms with Crippen LogP contribution in [0.5, 0.6) is 0 Å². The molecule has 1 saturated heterocycles. The summed E-state index contributed by atoms with van der Waals surface area (Å²) in [5.41, 5.74) is 0.865. The monoisotopic (exact) mass is 318 g/mol. The number of rotatable bonds is 6. The molecule has 6 heteroatoms. The van der Waals surface area contributed by atoms with E-state index in [1.54, 1.807) is 29.2 Å². The third-order valence-corrected chi connectivity index (χ3v) is 3.96. The summed E-state index contributed by atoms with van der Waals surface area (Å²) in [5.74, 6) is -1.31. The minimum atomic E-state index is -0.901. The Hall–Kier alpha value is -2.37. The quantitative estimate of drug-likeness (QED) is 0.839. The van der Waals surface area contributed by atoms with Crippen molar-refractivity contribution < 1.29 is 19.5 Å². The highest BCUT2D eigenvalue weighted by Gasteiger charge is 2.31. The van der Waals surface area contributed by atoms with Crippen molar-refractivity contribution in [3.63, 3.8) is 0 Å². The second kappa shape index (κ2) is 7.76. The lowest BCUT2D eigenvalue weighted by Crippen LogP contribution is -2.37. The first kappa shape index (κ1) is 17.0. The number of likely N-dealkylation sites (tertiary alicyclic amines) is 1. The maximum absolute atomic E-state index is 12.6. The topological polar surface area (TPSA) is 86.7 Å². The van der Waals surface area contributed by atoms with Gasteiger partial charge < -0.3 is 15.3 Å². The third-order valence-electron chi connectivity index (χ3n) is 3.96. The lowest BCUT2D eigenvalue weighted by Gasteiger charge is -2.23. The van der Waals surface area contributed by atoms with E-state index in [-0.39, 0.29) is 24.3 Å². The Bertz CT molecular complexity index is 600. The summed E-state index contributed by atoms with van der Waals surface area (Å²) in [4.78, 5) is 37.1. The highest BCUT2D eigenvalue weighted by molar-refractivity contribution is 6.00. The van der Waals surface area contributed by atoms with Gasteiger partial charge in [-0.2, -0.15) is 0 Å². The number of aliphatic carboxylic acids is 1. The Morgan fingerprint density at radius 2 is 2.04 bits per heavy atom. The van der Waals surface area contributed by atoms with E-state index in [0.717, 1.165) is 12.8 Å². The number of carbonyl (C=O) groups excluding carboxylic acids is 2. The standard InChI is InChI=1S/C17H22N2O4/c1-2-8-18-16(22)12-5-3-6-13(10-12)17(23)19-9-4-7-14(19)11-15(20)21/h3,5-6,10,14H,2,4,7-9,11H2,1H3,(H,18,22)(H,20,21). The van der Waals surface area contributed by atoms with Gasteiger partial charge in [0.25, 0.3) is 11.8 Å². The van der Waals surface area contributed by atoms with Gasteiger partial charge in [0.2, 0.25) is 0 Å². The van der Waals surface area contributed by atoms with Crippen molar-refractivity contribution in [1.29, 1.82) is 0 Å². The molecule has 1 aromatic rings. The number of nitrogens with zero attached hydrogens (tertiary/aromatic N) is 1. The fraction of sp³-hybridized carbons (Fsp3) is 0.471. The van der Waals surface area contributed by atoms with Crippen LogP contribution in [0.2, 0.25) is 0 Å². The number of hydrogen-bond donors (Lipinski definition) is 2. The Morgan fingerprint density at radius 3 is 2.74 bits per heavy atom. The predicted octanol–water partition coefficient (Wildman–Crippen LogP) is 1.91. The minimum absolute atomic E-state index is 0.0393. The number of nitrogens with one attached hydrogen (secondary N) is 1. The van der Waals surface area contributed by atoms with Crippen molar-refractivity contribution in [3.8, 4) is 0 Å². The number of carbonyl (C=O) groups is 3. The van der Waals surface area contributed by atoms with Crippen LogP contribution < -0.4 is 5.32 Å². The van der Waals surface area contributed by atoms with Crippen molar-refractivity contribution in [1.82, 2.24) is 10.2 Å². The second-order valence-corrected chi connectivity index (χ2v) is 5.73. The fourth-order valence-corrected chi connectivity index (χ4v) is 2.82. The first-order chi connectivity index (χ1) is 11.0. The molecule has 1 fully saturated rings. The SMILES string of the molecule is CCCNC(=O)c1cccc(C(=O)N2CCCC2CC(=O)O)c1. The van der Waals surface area contributed by atoms with E-state index < -0.39 is 5.97 Å². The third kappa shape index (κ3) is 4.31. The predicted molar refractivity (Wildman–Crippen MR) is 85.4 cm³/mol. The average molecular weight is 318 g/mol. The Balaban J connectivity index is 2.13. The van der Waals surface area contributed by atoms with E-state index in [2.05, 4.69) is 5.32 Å². The molecule has 0 aromatic heterocycles. The van der Waals surface area contributed by atoms with Crippen molar-refractivity contribution in [2.45, 2.75) is 38.6 Å². The minimum Gasteiger partial charge on any atom is -0.481 e. The molecule has 1 aliphatic rings. The fourth-order valence-electron chi connectivity index (χ4n) is 2.82. The van der Waals surface area contributed by atoms with Crippen LogP contribution in [0.25, 0.3) is 0 Å². The molecule has 0 bridgehead atoms. The number of amides is 2. The van der Waals surface area contributed by atoms with Gasteiger partial charge in [-0.15, -0.1) is 0 Å². The first-order valence-corrected chi connectivity index (χ1v) is 7.94. The summed E-state index contributed by atoms with van der Waals surface area (Å²) in [5, 5.41) is 11.7. The van der Waals surface area contributed by atoms with Gasteiger partial charge in [0, 0.05) is 30.3 Å². The highest BCUT2D eigenvalue weighted by atomic mass is 16.4. The normalized spacial score (nSPS) is 17.1. The van der Waals surface area contributed by atoms with Crippen molar-refractivity contribution in [2.75, 3.05) is 13.1 Å². The van der Waals surface area contributed by atoms with Crippen LogP contribution in [0.3, 0.4) is 0 Å². The average Bonchev–Trinajstić information content (AvgIpc) is 2.99. The summed E-state index contributed by atoms with van der Waals surface area (Å²) in [7, 11) is 0. The van der Waals surface area contributed by atoms with Crippen molar-refractivity contribution >= 4 is 17.8 Å². The van der Waals surface area contributed by atoms with Crippen molar-refractivity contribution in [2.24, 2.45) is 0 Å². The molecule has 124 valence electrons. The van der Waals surface area contributed by atoms with Crippen LogP contribution in [-0.4, -0.2) is 46.9 Å². The zero-order valence-electron chi connectivity index (χ0n) is 13.2. The summed E-state index contributed by atoms with van der Waals surface area (Å²) >= 11 is 0. The zero-order chi connectivity index (χ0) is 16.8. The smallest absolute Gasteiger partial charge is 0.305 e. The molecule has 0 radical (unpaired) electrons. The van der Waals surface area contributed by atoms with E-state index in [4.69, 9.17) is 5.11 Å². The lowest BCUT2D eigenvalue weighted by atomic mass is 10.1. The van der Waals surface area contributed by atoms with Crippen LogP contribution in [0.15, 0.2) is 24.3 Å². The summed E-state index contributed by atoms with van der Waals surface area (Å²) in [6.07, 6.45) is 2.31. The maximum Gasteiger partial charge on any atom is 0.305 e. The van der Waals surface area contributed by atoms with Gasteiger partial charge in [-0.05, 0) is 37.5 Å². The maximum atomic E-state index is 12.6. The Morgan fingerprint density at radius 1 is 1.30 bits per heavy atom. The molecule has 2 amide bonds. The molecule has 2 N–H and O–H groups in total. The van der Waals surface area contributed by atoms with Crippen LogP contribution in [0.4, 0.5) is 0 Å². The number of benzene rings is 1. The molecule has 1 unspecified atom stereocenters. The van der Waals surface area contributed by atoms with Gasteiger partial charge in [-0.3, -0.25) is 14.4 Å². The van der Waals surface area contributed by atoms with Gasteiger partial charge in [0.15, 0.2) is 0 Å². The van der Waals surface area contributed by atoms with Gasteiger partial charge in [0.05, 0.1) is 6.42 Å². The molecule has 0 spiro atoms. The second-order valence-electron chi connectivity index (χ2n) is 5.73. The zero-order valence-corrected chi connectivity index (χ0v) is 13.2. The van der Waals surface area contributed by atoms with Crippen LogP contribution >= 0.6 is 0 Å². The van der Waals surface area contributed by atoms with Crippen LogP contribution in [-0.2, 0) is 4.79 Å². The van der Waals surface area contributed by atoms with E-state index in [1.807, 2.05) is 6.92 Å². The highest BCUT2D eigenvalue weighted by Crippen LogP contribution is 2.23. The first-order valence-electron chi connectivity index (χ1n) is 7.94. The van der Waals surface area contributed by atoms with Gasteiger partial charge in [-0.1, -0.05) is 13.0 Å². The van der Waals surface area contributed by atoms with E-state index in [0.29, 0.717) is 30.6 Å². The van der Waals surface area contributed by atoms with Gasteiger partial charge in [-0.25, -0.2) is 0 Å². The van der Waals surface area contributed by atoms with E-state index in [1.165, 1.54) is 0 Å². The molecule has 6 nitrogen and oxygen atoms in total. The summed E-state index contributed by atoms with van der Waals surface area (Å²) < 4.78 is 0. The van der Waals surface area contributed by atoms with Crippen molar-refractivity contribution in [3.05, 3.63) is 35.4 Å². The molecule has 0 aliphatic carbocycles. The van der Waals surface area contributed by atoms with Crippen LogP contribution in [0.1, 0.15) is 53.3 Å². The van der Waals surface area contributed by atoms with Gasteiger partial charge in [0.1, 0.15) is 0 Å². The van der Waals surface area contributed by atoms with E-state index in [9.17, 15) is 14.4 Å². The largest absolute Gasteiger partial charge is 0.481 e. The van der Waals surface area contributed by atoms with Crippen LogP contribution in [0, 0.1) is 0 Å². The molecule has 23 heavy (non-hydrogen) atoms. The number of carboxylic acids is 1. The van der Waals surface area contributed by atoms with E-state index >= 15 is 0 Å². The molecule has 1 aromatic carbocycles. The number of carboxylic acid groups (broad SMARTS) is 1.